The van der Waals surface area contributed by atoms with E-state index < -0.39 is 35.9 Å². The Morgan fingerprint density at radius 3 is 2.41 bits per heavy atom. The number of thioether (sulfide) groups is 1. The van der Waals surface area contributed by atoms with Crippen LogP contribution in [0.3, 0.4) is 0 Å². The number of nitrogens with one attached hydrogen (secondary N) is 1. The van der Waals surface area contributed by atoms with E-state index >= 15 is 0 Å². The number of anilines is 1. The van der Waals surface area contributed by atoms with E-state index in [0.717, 1.165) is 4.90 Å². The van der Waals surface area contributed by atoms with Gasteiger partial charge in [0.1, 0.15) is 6.04 Å². The number of hydrogen-bond acceptors (Lipinski definition) is 7. The standard InChI is InChI=1S/C22H19N5O5S.Na/c23-19(28)11-1-3-12(4-2-11)25-22(32)26-10-7-14-15-16(26)20(29)27(15)17(21(30)31)18(14)33-13-5-8-24-9-6-13;/h1-6,8-9,14-16H,7,10H2,(H2,23,28)(H,25,32)(H,30,31);/q;+1/p-1/t14?,15-,16+;/m1./s1. The van der Waals surface area contributed by atoms with E-state index in [9.17, 15) is 24.3 Å². The van der Waals surface area contributed by atoms with Crippen LogP contribution < -0.4 is 45.7 Å². The van der Waals surface area contributed by atoms with Crippen molar-refractivity contribution in [2.45, 2.75) is 23.4 Å². The van der Waals surface area contributed by atoms with Crippen LogP contribution in [0.25, 0.3) is 0 Å². The van der Waals surface area contributed by atoms with Crippen molar-refractivity contribution in [2.24, 2.45) is 11.7 Å². The number of amides is 4. The van der Waals surface area contributed by atoms with Gasteiger partial charge in [-0.25, -0.2) is 4.79 Å². The van der Waals surface area contributed by atoms with Gasteiger partial charge < -0.3 is 30.8 Å². The van der Waals surface area contributed by atoms with E-state index in [2.05, 4.69) is 10.3 Å². The number of primary amides is 1. The van der Waals surface area contributed by atoms with Crippen LogP contribution in [0.2, 0.25) is 0 Å². The molecule has 2 fully saturated rings. The second-order valence-electron chi connectivity index (χ2n) is 7.89. The number of carboxylic acid groups (broad SMARTS) is 1. The van der Waals surface area contributed by atoms with Crippen LogP contribution in [0.4, 0.5) is 10.5 Å². The number of rotatable bonds is 5. The van der Waals surface area contributed by atoms with Gasteiger partial charge >= 0.3 is 35.6 Å². The van der Waals surface area contributed by atoms with Crippen LogP contribution in [0.15, 0.2) is 64.3 Å². The fourth-order valence-corrected chi connectivity index (χ4v) is 5.84. The number of pyridine rings is 1. The Balaban J connectivity index is 0.00000274. The Hall–Kier alpha value is -2.86. The molecule has 3 aliphatic rings. The smallest absolute Gasteiger partial charge is 0.543 e. The number of likely N-dealkylation sites (tertiary alicyclic amines) is 1. The van der Waals surface area contributed by atoms with Crippen molar-refractivity contribution in [1.82, 2.24) is 14.8 Å². The van der Waals surface area contributed by atoms with Gasteiger partial charge in [0.25, 0.3) is 5.91 Å². The SMILES string of the molecule is NC(=O)c1ccc(NC(=O)N2CCC3C(Sc4ccncc4)=C(C(=O)[O-])N4C(=O)[C@@H]2[C@@H]34)cc1.[Na+]. The van der Waals surface area contributed by atoms with Gasteiger partial charge in [-0.2, -0.15) is 0 Å². The van der Waals surface area contributed by atoms with Crippen molar-refractivity contribution in [1.29, 1.82) is 0 Å². The molecular formula is C22H18N5NaO5S. The van der Waals surface area contributed by atoms with Gasteiger partial charge in [-0.1, -0.05) is 11.8 Å². The summed E-state index contributed by atoms with van der Waals surface area (Å²) >= 11 is 1.29. The molecule has 4 amide bonds. The number of benzene rings is 1. The molecule has 0 bridgehead atoms. The topological polar surface area (TPSA) is 149 Å². The minimum Gasteiger partial charge on any atom is -0.543 e. The Morgan fingerprint density at radius 1 is 1.12 bits per heavy atom. The van der Waals surface area contributed by atoms with Crippen molar-refractivity contribution < 1.29 is 53.8 Å². The van der Waals surface area contributed by atoms with Crippen LogP contribution in [-0.2, 0) is 9.59 Å². The fourth-order valence-electron chi connectivity index (χ4n) is 4.64. The first-order chi connectivity index (χ1) is 15.9. The van der Waals surface area contributed by atoms with Crippen LogP contribution >= 0.6 is 11.8 Å². The van der Waals surface area contributed by atoms with Gasteiger partial charge in [0.15, 0.2) is 0 Å². The molecule has 0 saturated carbocycles. The van der Waals surface area contributed by atoms with Crippen LogP contribution in [0.5, 0.6) is 0 Å². The third-order valence-electron chi connectivity index (χ3n) is 6.10. The van der Waals surface area contributed by atoms with Crippen LogP contribution in [-0.4, -0.2) is 57.2 Å². The number of piperidine rings is 1. The fraction of sp³-hybridized carbons (Fsp3) is 0.227. The zero-order valence-electron chi connectivity index (χ0n) is 18.1. The largest absolute Gasteiger partial charge is 1.00 e. The summed E-state index contributed by atoms with van der Waals surface area (Å²) in [4.78, 5) is 57.1. The zero-order valence-corrected chi connectivity index (χ0v) is 21.0. The first-order valence-corrected chi connectivity index (χ1v) is 11.0. The molecule has 1 aromatic heterocycles. The van der Waals surface area contributed by atoms with Crippen LogP contribution in [0.1, 0.15) is 16.8 Å². The summed E-state index contributed by atoms with van der Waals surface area (Å²) in [5.74, 6) is -2.61. The molecular weight excluding hydrogens is 469 g/mol. The molecule has 2 aromatic rings. The molecule has 3 atom stereocenters. The van der Waals surface area contributed by atoms with Crippen molar-refractivity contribution >= 4 is 41.3 Å². The van der Waals surface area contributed by atoms with Crippen molar-refractivity contribution in [3.05, 3.63) is 65.0 Å². The summed E-state index contributed by atoms with van der Waals surface area (Å²) in [6, 6.07) is 7.97. The zero-order chi connectivity index (χ0) is 23.3. The quantitative estimate of drug-likeness (QED) is 0.347. The van der Waals surface area contributed by atoms with Gasteiger partial charge in [0.2, 0.25) is 5.91 Å². The van der Waals surface area contributed by atoms with Crippen molar-refractivity contribution in [3.63, 3.8) is 0 Å². The minimum absolute atomic E-state index is 0. The van der Waals surface area contributed by atoms with Gasteiger partial charge in [0, 0.05) is 45.9 Å². The molecule has 5 rings (SSSR count). The number of β-lactam (4-membered cyclic amide) rings is 1. The number of carbonyl (C=O) groups is 4. The molecule has 0 aliphatic carbocycles. The van der Waals surface area contributed by atoms with Gasteiger partial charge in [-0.05, 0) is 42.8 Å². The molecule has 4 heterocycles. The summed E-state index contributed by atoms with van der Waals surface area (Å²) in [6.45, 7) is 0.289. The number of carbonyl (C=O) groups excluding carboxylic acids is 4. The maximum absolute atomic E-state index is 13.0. The molecule has 1 aromatic carbocycles. The summed E-state index contributed by atoms with van der Waals surface area (Å²) in [5, 5.41) is 14.7. The van der Waals surface area contributed by atoms with E-state index in [4.69, 9.17) is 5.73 Å². The van der Waals surface area contributed by atoms with Crippen LogP contribution in [0, 0.1) is 5.92 Å². The maximum Gasteiger partial charge on any atom is 1.00 e. The molecule has 168 valence electrons. The molecule has 0 radical (unpaired) electrons. The number of nitrogens with two attached hydrogens (primary N) is 1. The summed E-state index contributed by atoms with van der Waals surface area (Å²) in [7, 11) is 0. The molecule has 34 heavy (non-hydrogen) atoms. The molecule has 3 aliphatic heterocycles. The normalized spacial score (nSPS) is 22.5. The van der Waals surface area contributed by atoms with E-state index in [1.165, 1.54) is 33.7 Å². The molecule has 3 N–H and O–H groups in total. The van der Waals surface area contributed by atoms with E-state index in [1.54, 1.807) is 36.7 Å². The Labute approximate surface area is 220 Å². The minimum atomic E-state index is -1.40. The monoisotopic (exact) mass is 487 g/mol. The number of hydrogen-bond donors (Lipinski definition) is 2. The van der Waals surface area contributed by atoms with Gasteiger partial charge in [-0.15, -0.1) is 0 Å². The second kappa shape index (κ2) is 9.41. The van der Waals surface area contributed by atoms with Crippen molar-refractivity contribution in [2.75, 3.05) is 11.9 Å². The number of carboxylic acids is 1. The molecule has 12 heteroatoms. The maximum atomic E-state index is 13.0. The summed E-state index contributed by atoms with van der Waals surface area (Å²) in [6.07, 6.45) is 3.73. The van der Waals surface area contributed by atoms with E-state index in [-0.39, 0.29) is 47.7 Å². The number of aliphatic carboxylic acids is 1. The first kappa shape index (κ1) is 24.3. The Morgan fingerprint density at radius 2 is 1.79 bits per heavy atom. The summed E-state index contributed by atoms with van der Waals surface area (Å²) in [5.41, 5.74) is 5.88. The molecule has 0 spiro atoms. The van der Waals surface area contributed by atoms with E-state index in [1.807, 2.05) is 0 Å². The second-order valence-corrected chi connectivity index (χ2v) is 9.00. The molecule has 2 saturated heterocycles. The summed E-state index contributed by atoms with van der Waals surface area (Å²) < 4.78 is 0. The van der Waals surface area contributed by atoms with Gasteiger partial charge in [-0.3, -0.25) is 14.6 Å². The number of aromatic nitrogens is 1. The third-order valence-corrected chi connectivity index (χ3v) is 7.33. The Kier molecular flexibility index (Phi) is 6.72. The number of urea groups is 1. The Bertz CT molecular complexity index is 1210. The average Bonchev–Trinajstić information content (AvgIpc) is 3.12. The van der Waals surface area contributed by atoms with Crippen molar-refractivity contribution in [3.8, 4) is 0 Å². The molecule has 1 unspecified atom stereocenters. The molecule has 10 nitrogen and oxygen atoms in total. The third kappa shape index (κ3) is 3.98. The van der Waals surface area contributed by atoms with Gasteiger partial charge in [0.05, 0.1) is 17.7 Å². The first-order valence-electron chi connectivity index (χ1n) is 10.2. The predicted octanol–water partition coefficient (Wildman–Crippen LogP) is -2.61. The van der Waals surface area contributed by atoms with E-state index in [0.29, 0.717) is 22.6 Å². The number of nitrogens with zero attached hydrogens (tertiary/aromatic N) is 3. The predicted molar refractivity (Wildman–Crippen MR) is 115 cm³/mol. The average molecular weight is 487 g/mol.